The molecule has 6 heteroatoms. The predicted octanol–water partition coefficient (Wildman–Crippen LogP) is 1.60. The summed E-state index contributed by atoms with van der Waals surface area (Å²) < 4.78 is 0. The van der Waals surface area contributed by atoms with Gasteiger partial charge < -0.3 is 15.8 Å². The maximum Gasteiger partial charge on any atom is 0.172 e. The highest BCUT2D eigenvalue weighted by Crippen LogP contribution is 2.20. The lowest BCUT2D eigenvalue weighted by molar-refractivity contribution is 0.318. The van der Waals surface area contributed by atoms with Crippen molar-refractivity contribution in [2.75, 3.05) is 11.4 Å². The van der Waals surface area contributed by atoms with Gasteiger partial charge in [0.15, 0.2) is 5.84 Å². The summed E-state index contributed by atoms with van der Waals surface area (Å²) in [6.45, 7) is 3.53. The van der Waals surface area contributed by atoms with Crippen LogP contribution in [0.1, 0.15) is 18.1 Å². The summed E-state index contributed by atoms with van der Waals surface area (Å²) in [6, 6.07) is 5.66. The lowest BCUT2D eigenvalue weighted by Gasteiger charge is -2.25. The highest BCUT2D eigenvalue weighted by molar-refractivity contribution is 6.01. The molecule has 3 N–H and O–H groups in total. The number of hydrogen-bond donors (Lipinski definition) is 2. The fourth-order valence-corrected chi connectivity index (χ4v) is 1.98. The highest BCUT2D eigenvalue weighted by Gasteiger charge is 2.13. The summed E-state index contributed by atoms with van der Waals surface area (Å²) in [4.78, 5) is 10.2. The molecule has 2 aromatic heterocycles. The van der Waals surface area contributed by atoms with Gasteiger partial charge in [-0.15, -0.1) is 0 Å². The summed E-state index contributed by atoms with van der Waals surface area (Å²) >= 11 is 0. The molecule has 0 spiro atoms. The molecule has 0 atom stereocenters. The number of amidine groups is 1. The summed E-state index contributed by atoms with van der Waals surface area (Å²) in [7, 11) is 0. The van der Waals surface area contributed by atoms with E-state index < -0.39 is 0 Å². The van der Waals surface area contributed by atoms with Gasteiger partial charge in [-0.1, -0.05) is 5.16 Å². The highest BCUT2D eigenvalue weighted by atomic mass is 16.4. The first-order valence-corrected chi connectivity index (χ1v) is 6.32. The Labute approximate surface area is 117 Å². The van der Waals surface area contributed by atoms with E-state index in [0.29, 0.717) is 12.1 Å². The van der Waals surface area contributed by atoms with E-state index in [-0.39, 0.29) is 5.84 Å². The van der Waals surface area contributed by atoms with Crippen LogP contribution in [-0.4, -0.2) is 27.6 Å². The van der Waals surface area contributed by atoms with Crippen molar-refractivity contribution in [2.45, 2.75) is 13.5 Å². The van der Waals surface area contributed by atoms with E-state index in [1.165, 1.54) is 0 Å². The van der Waals surface area contributed by atoms with Gasteiger partial charge in [0.25, 0.3) is 0 Å². The van der Waals surface area contributed by atoms with Gasteiger partial charge in [0.1, 0.15) is 0 Å². The molecule has 0 amide bonds. The Bertz CT molecular complexity index is 585. The second-order valence-corrected chi connectivity index (χ2v) is 4.25. The van der Waals surface area contributed by atoms with E-state index >= 15 is 0 Å². The van der Waals surface area contributed by atoms with Gasteiger partial charge in [0, 0.05) is 37.2 Å². The Morgan fingerprint density at radius 1 is 1.25 bits per heavy atom. The molecule has 0 aliphatic carbocycles. The summed E-state index contributed by atoms with van der Waals surface area (Å²) in [6.07, 6.45) is 6.86. The van der Waals surface area contributed by atoms with E-state index in [9.17, 15) is 0 Å². The van der Waals surface area contributed by atoms with Crippen LogP contribution in [0.5, 0.6) is 0 Å². The zero-order chi connectivity index (χ0) is 14.4. The first kappa shape index (κ1) is 13.8. The summed E-state index contributed by atoms with van der Waals surface area (Å²) in [5.41, 5.74) is 8.35. The van der Waals surface area contributed by atoms with Crippen LogP contribution in [0, 0.1) is 0 Å². The van der Waals surface area contributed by atoms with Crippen molar-refractivity contribution in [1.82, 2.24) is 9.97 Å². The molecular weight excluding hydrogens is 254 g/mol. The number of anilines is 1. The van der Waals surface area contributed by atoms with Crippen LogP contribution < -0.4 is 10.6 Å². The van der Waals surface area contributed by atoms with Crippen molar-refractivity contribution in [3.05, 3.63) is 54.1 Å². The second kappa shape index (κ2) is 6.51. The molecule has 6 nitrogen and oxygen atoms in total. The van der Waals surface area contributed by atoms with Gasteiger partial charge in [0.05, 0.1) is 11.9 Å². The number of nitrogens with two attached hydrogens (primary N) is 1. The second-order valence-electron chi connectivity index (χ2n) is 4.25. The zero-order valence-electron chi connectivity index (χ0n) is 11.3. The van der Waals surface area contributed by atoms with Crippen LogP contribution in [0.15, 0.2) is 48.1 Å². The van der Waals surface area contributed by atoms with Crippen LogP contribution in [0.4, 0.5) is 5.69 Å². The zero-order valence-corrected chi connectivity index (χ0v) is 11.3. The molecule has 0 unspecified atom stereocenters. The molecule has 0 saturated carbocycles. The monoisotopic (exact) mass is 271 g/mol. The van der Waals surface area contributed by atoms with Crippen molar-refractivity contribution < 1.29 is 5.21 Å². The minimum atomic E-state index is 0.0792. The van der Waals surface area contributed by atoms with Crippen LogP contribution in [-0.2, 0) is 6.54 Å². The molecule has 104 valence electrons. The minimum absolute atomic E-state index is 0.0792. The third kappa shape index (κ3) is 3.03. The number of aromatic nitrogens is 2. The van der Waals surface area contributed by atoms with E-state index in [2.05, 4.69) is 20.0 Å². The molecule has 2 rings (SSSR count). The number of nitrogens with zero attached hydrogens (tertiary/aromatic N) is 4. The van der Waals surface area contributed by atoms with Gasteiger partial charge in [-0.2, -0.15) is 0 Å². The minimum Gasteiger partial charge on any atom is -0.409 e. The van der Waals surface area contributed by atoms with E-state index in [0.717, 1.165) is 17.8 Å². The fourth-order valence-electron chi connectivity index (χ4n) is 1.98. The maximum atomic E-state index is 8.87. The molecule has 2 heterocycles. The van der Waals surface area contributed by atoms with Crippen LogP contribution in [0.3, 0.4) is 0 Å². The Kier molecular flexibility index (Phi) is 4.49. The summed E-state index contributed by atoms with van der Waals surface area (Å²) in [5, 5.41) is 11.9. The lowest BCUT2D eigenvalue weighted by Crippen LogP contribution is -2.26. The number of pyridine rings is 2. The smallest absolute Gasteiger partial charge is 0.172 e. The third-order valence-electron chi connectivity index (χ3n) is 3.03. The Balaban J connectivity index is 2.33. The van der Waals surface area contributed by atoms with Crippen molar-refractivity contribution in [2.24, 2.45) is 10.9 Å². The molecule has 0 fully saturated rings. The fraction of sp³-hybridized carbons (Fsp3) is 0.214. The average Bonchev–Trinajstić information content (AvgIpc) is 2.53. The Morgan fingerprint density at radius 2 is 1.95 bits per heavy atom. The Morgan fingerprint density at radius 3 is 2.60 bits per heavy atom. The van der Waals surface area contributed by atoms with Gasteiger partial charge in [-0.25, -0.2) is 0 Å². The van der Waals surface area contributed by atoms with E-state index in [1.54, 1.807) is 30.9 Å². The van der Waals surface area contributed by atoms with Gasteiger partial charge in [0.2, 0.25) is 0 Å². The quantitative estimate of drug-likeness (QED) is 0.373. The van der Waals surface area contributed by atoms with Gasteiger partial charge >= 0.3 is 0 Å². The first-order chi connectivity index (χ1) is 9.76. The molecule has 0 radical (unpaired) electrons. The number of oxime groups is 1. The SMILES string of the molecule is CCN(Cc1ccncc1)c1cnccc1/C(N)=N/O. The van der Waals surface area contributed by atoms with E-state index in [4.69, 9.17) is 10.9 Å². The molecule has 0 aliphatic rings. The van der Waals surface area contributed by atoms with Crippen molar-refractivity contribution in [1.29, 1.82) is 0 Å². The predicted molar refractivity (Wildman–Crippen MR) is 77.7 cm³/mol. The molecule has 0 aliphatic heterocycles. The maximum absolute atomic E-state index is 8.87. The largest absolute Gasteiger partial charge is 0.409 e. The van der Waals surface area contributed by atoms with Crippen LogP contribution in [0.2, 0.25) is 0 Å². The standard InChI is InChI=1S/C14H17N5O/c1-2-19(10-11-3-6-16-7-4-11)13-9-17-8-5-12(13)14(15)18-20/h3-9,20H,2,10H2,1H3,(H2,15,18). The van der Waals surface area contributed by atoms with Crippen LogP contribution >= 0.6 is 0 Å². The van der Waals surface area contributed by atoms with Crippen LogP contribution in [0.25, 0.3) is 0 Å². The van der Waals surface area contributed by atoms with Crippen molar-refractivity contribution >= 4 is 11.5 Å². The molecular formula is C14H17N5O. The lowest BCUT2D eigenvalue weighted by atomic mass is 10.1. The normalized spacial score (nSPS) is 11.3. The molecule has 2 aromatic rings. The molecule has 0 aromatic carbocycles. The average molecular weight is 271 g/mol. The third-order valence-corrected chi connectivity index (χ3v) is 3.03. The number of rotatable bonds is 5. The van der Waals surface area contributed by atoms with Gasteiger partial charge in [-0.05, 0) is 30.7 Å². The topological polar surface area (TPSA) is 87.6 Å². The number of hydrogen-bond acceptors (Lipinski definition) is 5. The van der Waals surface area contributed by atoms with Gasteiger partial charge in [-0.3, -0.25) is 9.97 Å². The van der Waals surface area contributed by atoms with E-state index in [1.807, 2.05) is 19.1 Å². The van der Waals surface area contributed by atoms with Crippen molar-refractivity contribution in [3.63, 3.8) is 0 Å². The first-order valence-electron chi connectivity index (χ1n) is 6.32. The molecule has 0 saturated heterocycles. The Hall–Kier alpha value is -2.63. The summed E-state index contributed by atoms with van der Waals surface area (Å²) in [5.74, 6) is 0.0792. The van der Waals surface area contributed by atoms with Crippen molar-refractivity contribution in [3.8, 4) is 0 Å². The molecule has 0 bridgehead atoms. The molecule has 20 heavy (non-hydrogen) atoms.